The lowest BCUT2D eigenvalue weighted by Crippen LogP contribution is -2.38. The van der Waals surface area contributed by atoms with Gasteiger partial charge in [-0.2, -0.15) is 0 Å². The van der Waals surface area contributed by atoms with E-state index in [1.54, 1.807) is 18.3 Å². The van der Waals surface area contributed by atoms with Gasteiger partial charge in [-0.05, 0) is 31.9 Å². The highest BCUT2D eigenvalue weighted by Crippen LogP contribution is 2.24. The Balaban J connectivity index is 1.33. The van der Waals surface area contributed by atoms with Crippen molar-refractivity contribution in [1.29, 1.82) is 0 Å². The number of benzene rings is 1. The largest absolute Gasteiger partial charge is 0.376 e. The molecule has 130 valence electrons. The van der Waals surface area contributed by atoms with Crippen LogP contribution in [-0.2, 0) is 14.3 Å². The summed E-state index contributed by atoms with van der Waals surface area (Å²) in [5.41, 5.74) is 0.991. The number of anilines is 1. The number of hydrogen-bond acceptors (Lipinski definition) is 6. The normalized spacial score (nSPS) is 18.6. The molecule has 1 aromatic carbocycles. The van der Waals surface area contributed by atoms with Gasteiger partial charge in [0.05, 0.1) is 22.9 Å². The fourth-order valence-electron chi connectivity index (χ4n) is 2.55. The van der Waals surface area contributed by atoms with E-state index >= 15 is 0 Å². The number of ether oxygens (including phenoxy) is 2. The zero-order valence-corrected chi connectivity index (χ0v) is 14.6. The summed E-state index contributed by atoms with van der Waals surface area (Å²) in [6.07, 6.45) is 1.77. The van der Waals surface area contributed by atoms with E-state index in [9.17, 15) is 4.79 Å². The highest BCUT2D eigenvalue weighted by atomic mass is 32.1. The maximum atomic E-state index is 12.0. The van der Waals surface area contributed by atoms with Gasteiger partial charge in [0.25, 0.3) is 0 Å². The summed E-state index contributed by atoms with van der Waals surface area (Å²) in [5.74, 6) is -0.0981. The average Bonchev–Trinajstić information content (AvgIpc) is 3.25. The molecule has 0 saturated carbocycles. The van der Waals surface area contributed by atoms with E-state index in [-0.39, 0.29) is 12.0 Å². The molecule has 0 unspecified atom stereocenters. The fraction of sp³-hybridized carbons (Fsp3) is 0.529. The molecule has 24 heavy (non-hydrogen) atoms. The van der Waals surface area contributed by atoms with Crippen LogP contribution in [0.2, 0.25) is 0 Å². The number of rotatable bonds is 8. The Morgan fingerprint density at radius 3 is 3.12 bits per heavy atom. The van der Waals surface area contributed by atoms with E-state index in [2.05, 4.69) is 15.6 Å². The monoisotopic (exact) mass is 349 g/mol. The molecule has 2 atom stereocenters. The molecule has 7 heteroatoms. The molecule has 3 rings (SSSR count). The van der Waals surface area contributed by atoms with Crippen molar-refractivity contribution in [2.45, 2.75) is 32.0 Å². The Morgan fingerprint density at radius 2 is 2.33 bits per heavy atom. The van der Waals surface area contributed by atoms with Crippen LogP contribution in [0.4, 0.5) is 5.13 Å². The Bertz CT molecular complexity index is 637. The fourth-order valence-corrected chi connectivity index (χ4v) is 3.44. The first-order valence-corrected chi connectivity index (χ1v) is 9.14. The van der Waals surface area contributed by atoms with Crippen molar-refractivity contribution in [1.82, 2.24) is 10.3 Å². The predicted molar refractivity (Wildman–Crippen MR) is 95.5 cm³/mol. The predicted octanol–water partition coefficient (Wildman–Crippen LogP) is 2.41. The van der Waals surface area contributed by atoms with Crippen LogP contribution in [0.1, 0.15) is 19.8 Å². The first-order chi connectivity index (χ1) is 11.7. The van der Waals surface area contributed by atoms with Gasteiger partial charge < -0.3 is 20.1 Å². The molecule has 6 nitrogen and oxygen atoms in total. The summed E-state index contributed by atoms with van der Waals surface area (Å²) in [7, 11) is 0. The number of carbonyl (C=O) groups is 1. The quantitative estimate of drug-likeness (QED) is 0.716. The third-order valence-electron chi connectivity index (χ3n) is 3.92. The van der Waals surface area contributed by atoms with Crippen molar-refractivity contribution in [3.05, 3.63) is 24.3 Å². The number of para-hydroxylation sites is 1. The second kappa shape index (κ2) is 8.41. The van der Waals surface area contributed by atoms with Crippen LogP contribution in [0.5, 0.6) is 0 Å². The molecular formula is C17H23N3O3S. The standard InChI is InChI=1S/C17H23N3O3S/c1-12(23-11-13-5-4-10-22-13)16(21)18-8-9-19-17-20-14-6-2-3-7-15(14)24-17/h2-3,6-7,12-13H,4-5,8-11H2,1H3,(H,18,21)(H,19,20)/t12-,13+/m0/s1. The molecule has 1 aliphatic rings. The Hall–Kier alpha value is -1.70. The number of carbonyl (C=O) groups excluding carboxylic acids is 1. The number of aromatic nitrogens is 1. The number of amides is 1. The molecule has 1 amide bonds. The summed E-state index contributed by atoms with van der Waals surface area (Å²) in [5, 5.41) is 6.98. The topological polar surface area (TPSA) is 72.5 Å². The minimum Gasteiger partial charge on any atom is -0.376 e. The van der Waals surface area contributed by atoms with E-state index in [0.717, 1.165) is 34.8 Å². The minimum absolute atomic E-state index is 0.0981. The number of nitrogens with one attached hydrogen (secondary N) is 2. The van der Waals surface area contributed by atoms with Crippen molar-refractivity contribution in [3.8, 4) is 0 Å². The van der Waals surface area contributed by atoms with Gasteiger partial charge >= 0.3 is 0 Å². The molecule has 0 radical (unpaired) electrons. The van der Waals surface area contributed by atoms with Gasteiger partial charge in [0.1, 0.15) is 6.10 Å². The first-order valence-electron chi connectivity index (χ1n) is 8.33. The summed E-state index contributed by atoms with van der Waals surface area (Å²) in [6, 6.07) is 8.02. The average molecular weight is 349 g/mol. The summed E-state index contributed by atoms with van der Waals surface area (Å²) in [4.78, 5) is 16.5. The lowest BCUT2D eigenvalue weighted by molar-refractivity contribution is -0.133. The Kier molecular flexibility index (Phi) is 6.01. The van der Waals surface area contributed by atoms with Crippen molar-refractivity contribution in [3.63, 3.8) is 0 Å². The van der Waals surface area contributed by atoms with E-state index < -0.39 is 6.10 Å². The molecule has 0 spiro atoms. The molecule has 0 aliphatic carbocycles. The van der Waals surface area contributed by atoms with Crippen LogP contribution in [0.15, 0.2) is 24.3 Å². The van der Waals surface area contributed by atoms with Gasteiger partial charge in [0.15, 0.2) is 5.13 Å². The number of fused-ring (bicyclic) bond motifs is 1. The molecule has 1 saturated heterocycles. The molecule has 0 bridgehead atoms. The maximum Gasteiger partial charge on any atom is 0.248 e. The van der Waals surface area contributed by atoms with Crippen LogP contribution in [-0.4, -0.2) is 49.4 Å². The highest BCUT2D eigenvalue weighted by Gasteiger charge is 2.19. The third-order valence-corrected chi connectivity index (χ3v) is 4.91. The summed E-state index contributed by atoms with van der Waals surface area (Å²) < 4.78 is 12.2. The molecule has 2 heterocycles. The Morgan fingerprint density at radius 1 is 1.46 bits per heavy atom. The van der Waals surface area contributed by atoms with Gasteiger partial charge in [-0.25, -0.2) is 4.98 Å². The molecule has 1 aliphatic heterocycles. The van der Waals surface area contributed by atoms with Gasteiger partial charge in [-0.1, -0.05) is 23.5 Å². The lowest BCUT2D eigenvalue weighted by atomic mass is 10.2. The smallest absolute Gasteiger partial charge is 0.248 e. The molecule has 2 aromatic rings. The van der Waals surface area contributed by atoms with E-state index in [1.807, 2.05) is 24.3 Å². The van der Waals surface area contributed by atoms with Gasteiger partial charge in [-0.3, -0.25) is 4.79 Å². The maximum absolute atomic E-state index is 12.0. The van der Waals surface area contributed by atoms with E-state index in [1.165, 1.54) is 0 Å². The Labute approximate surface area is 145 Å². The second-order valence-electron chi connectivity index (χ2n) is 5.82. The van der Waals surface area contributed by atoms with Crippen molar-refractivity contribution >= 4 is 32.6 Å². The highest BCUT2D eigenvalue weighted by molar-refractivity contribution is 7.22. The zero-order chi connectivity index (χ0) is 16.8. The number of thiazole rings is 1. The van der Waals surface area contributed by atoms with Crippen molar-refractivity contribution in [2.75, 3.05) is 31.6 Å². The number of nitrogens with zero attached hydrogens (tertiary/aromatic N) is 1. The lowest BCUT2D eigenvalue weighted by Gasteiger charge is -2.16. The van der Waals surface area contributed by atoms with Crippen molar-refractivity contribution < 1.29 is 14.3 Å². The van der Waals surface area contributed by atoms with E-state index in [4.69, 9.17) is 9.47 Å². The van der Waals surface area contributed by atoms with Gasteiger partial charge in [0, 0.05) is 19.7 Å². The number of hydrogen-bond donors (Lipinski definition) is 2. The molecule has 2 N–H and O–H groups in total. The van der Waals surface area contributed by atoms with Gasteiger partial charge in [0.2, 0.25) is 5.91 Å². The van der Waals surface area contributed by atoms with Crippen LogP contribution in [0, 0.1) is 0 Å². The van der Waals surface area contributed by atoms with E-state index in [0.29, 0.717) is 19.7 Å². The zero-order valence-electron chi connectivity index (χ0n) is 13.8. The van der Waals surface area contributed by atoms with Gasteiger partial charge in [-0.15, -0.1) is 0 Å². The third kappa shape index (κ3) is 4.66. The van der Waals surface area contributed by atoms with Crippen LogP contribution < -0.4 is 10.6 Å². The SMILES string of the molecule is C[C@H](OC[C@H]1CCCO1)C(=O)NCCNc1nc2ccccc2s1. The van der Waals surface area contributed by atoms with Crippen LogP contribution >= 0.6 is 11.3 Å². The second-order valence-corrected chi connectivity index (χ2v) is 6.85. The summed E-state index contributed by atoms with van der Waals surface area (Å²) in [6.45, 7) is 4.21. The van der Waals surface area contributed by atoms with Crippen molar-refractivity contribution in [2.24, 2.45) is 0 Å². The van der Waals surface area contributed by atoms with Crippen LogP contribution in [0.25, 0.3) is 10.2 Å². The first kappa shape index (κ1) is 17.1. The minimum atomic E-state index is -0.461. The molecular weight excluding hydrogens is 326 g/mol. The molecule has 1 aromatic heterocycles. The van der Waals surface area contributed by atoms with Crippen LogP contribution in [0.3, 0.4) is 0 Å². The molecule has 1 fully saturated rings. The summed E-state index contributed by atoms with van der Waals surface area (Å²) >= 11 is 1.61.